The molecule has 1 aromatic heterocycles. The van der Waals surface area contributed by atoms with E-state index in [1.807, 2.05) is 35.9 Å². The van der Waals surface area contributed by atoms with Gasteiger partial charge in [-0.2, -0.15) is 4.99 Å². The molecule has 3 aromatic rings. The maximum absolute atomic E-state index is 12.6. The van der Waals surface area contributed by atoms with Crippen LogP contribution in [0.25, 0.3) is 10.2 Å². The number of aromatic nitrogens is 1. The molecule has 0 bridgehead atoms. The second kappa shape index (κ2) is 7.44. The van der Waals surface area contributed by atoms with Crippen LogP contribution in [0.1, 0.15) is 30.1 Å². The third kappa shape index (κ3) is 3.55. The smallest absolute Gasteiger partial charge is 0.279 e. The van der Waals surface area contributed by atoms with Crippen molar-refractivity contribution in [1.29, 1.82) is 0 Å². The molecule has 0 saturated carbocycles. The van der Waals surface area contributed by atoms with Crippen LogP contribution in [0.15, 0.2) is 41.4 Å². The van der Waals surface area contributed by atoms with Crippen LogP contribution in [-0.4, -0.2) is 23.9 Å². The summed E-state index contributed by atoms with van der Waals surface area (Å²) in [4.78, 5) is 17.5. The average Bonchev–Trinajstić information content (AvgIpc) is 3.25. The monoisotopic (exact) mass is 384 g/mol. The van der Waals surface area contributed by atoms with Gasteiger partial charge in [-0.15, -0.1) is 0 Å². The first-order chi connectivity index (χ1) is 13.2. The summed E-state index contributed by atoms with van der Waals surface area (Å²) in [6.07, 6.45) is 2.10. The summed E-state index contributed by atoms with van der Waals surface area (Å²) >= 11 is 1.44. The highest BCUT2D eigenvalue weighted by molar-refractivity contribution is 7.16. The van der Waals surface area contributed by atoms with Gasteiger partial charge in [0.05, 0.1) is 16.8 Å². The number of aryl methyl sites for hydroxylation is 1. The first kappa shape index (κ1) is 17.6. The topological polar surface area (TPSA) is 62.0 Å². The minimum atomic E-state index is -0.280. The van der Waals surface area contributed by atoms with Crippen molar-refractivity contribution in [2.24, 2.45) is 12.0 Å². The van der Waals surface area contributed by atoms with Crippen molar-refractivity contribution in [1.82, 2.24) is 4.57 Å². The molecular weight excluding hydrogens is 364 g/mol. The number of rotatable bonds is 5. The van der Waals surface area contributed by atoms with Crippen LogP contribution >= 0.6 is 11.3 Å². The molecule has 2 aromatic carbocycles. The van der Waals surface area contributed by atoms with Gasteiger partial charge in [-0.25, -0.2) is 0 Å². The number of carbonyl (C=O) groups is 1. The highest BCUT2D eigenvalue weighted by Crippen LogP contribution is 2.36. The molecule has 0 atom stereocenters. The zero-order chi connectivity index (χ0) is 18.8. The van der Waals surface area contributed by atoms with Crippen LogP contribution in [0.3, 0.4) is 0 Å². The number of amides is 1. The molecule has 0 fully saturated rings. The Morgan fingerprint density at radius 3 is 2.70 bits per heavy atom. The number of nitrogens with zero attached hydrogens (tertiary/aromatic N) is 2. The van der Waals surface area contributed by atoms with Gasteiger partial charge in [-0.3, -0.25) is 4.79 Å². The first-order valence-corrected chi connectivity index (χ1v) is 9.68. The Hall–Kier alpha value is -2.80. The van der Waals surface area contributed by atoms with Gasteiger partial charge in [0, 0.05) is 24.7 Å². The summed E-state index contributed by atoms with van der Waals surface area (Å²) in [6.45, 7) is 3.04. The standard InChI is InChI=1S/C20H20N2O4S/c1-3-4-9-24-14-7-5-13(6-8-14)19(23)21-20-22(2)15-10-16-17(26-12-25-16)11-18(15)27-20/h5-8,10-11H,3-4,9,12H2,1-2H3. The first-order valence-electron chi connectivity index (χ1n) is 8.87. The van der Waals surface area contributed by atoms with Gasteiger partial charge in [0.1, 0.15) is 5.75 Å². The minimum absolute atomic E-state index is 0.240. The van der Waals surface area contributed by atoms with Gasteiger partial charge in [-0.1, -0.05) is 24.7 Å². The molecule has 0 saturated heterocycles. The van der Waals surface area contributed by atoms with Crippen molar-refractivity contribution in [2.75, 3.05) is 13.4 Å². The van der Waals surface area contributed by atoms with Crippen LogP contribution in [0, 0.1) is 0 Å². The Labute approximate surface area is 160 Å². The molecule has 4 rings (SSSR count). The fourth-order valence-corrected chi connectivity index (χ4v) is 3.83. The van der Waals surface area contributed by atoms with E-state index < -0.39 is 0 Å². The van der Waals surface area contributed by atoms with Crippen LogP contribution in [0.5, 0.6) is 17.2 Å². The van der Waals surface area contributed by atoms with Gasteiger partial charge < -0.3 is 18.8 Å². The van der Waals surface area contributed by atoms with E-state index in [2.05, 4.69) is 11.9 Å². The molecule has 0 N–H and O–H groups in total. The maximum Gasteiger partial charge on any atom is 0.279 e. The van der Waals surface area contributed by atoms with Gasteiger partial charge in [0.2, 0.25) is 6.79 Å². The summed E-state index contributed by atoms with van der Waals surface area (Å²) in [5.74, 6) is 1.92. The van der Waals surface area contributed by atoms with E-state index in [-0.39, 0.29) is 12.7 Å². The number of thiazole rings is 1. The van der Waals surface area contributed by atoms with Crippen molar-refractivity contribution in [3.05, 3.63) is 46.8 Å². The Bertz CT molecular complexity index is 1050. The molecule has 1 amide bonds. The Morgan fingerprint density at radius 2 is 1.96 bits per heavy atom. The number of fused-ring (bicyclic) bond motifs is 2. The maximum atomic E-state index is 12.6. The van der Waals surface area contributed by atoms with Gasteiger partial charge >= 0.3 is 0 Å². The lowest BCUT2D eigenvalue weighted by Crippen LogP contribution is -2.13. The molecule has 0 aliphatic carbocycles. The van der Waals surface area contributed by atoms with Crippen molar-refractivity contribution in [3.63, 3.8) is 0 Å². The summed E-state index contributed by atoms with van der Waals surface area (Å²) in [7, 11) is 1.89. The van der Waals surface area contributed by atoms with Crippen LogP contribution < -0.4 is 19.0 Å². The second-order valence-corrected chi connectivity index (χ2v) is 7.27. The lowest BCUT2D eigenvalue weighted by molar-refractivity contribution is 0.0998. The third-order valence-corrected chi connectivity index (χ3v) is 5.46. The van der Waals surface area contributed by atoms with Crippen molar-refractivity contribution < 1.29 is 19.0 Å². The van der Waals surface area contributed by atoms with Gasteiger partial charge in [0.15, 0.2) is 16.3 Å². The molecule has 0 spiro atoms. The molecule has 6 nitrogen and oxygen atoms in total. The Morgan fingerprint density at radius 1 is 1.22 bits per heavy atom. The molecule has 140 valence electrons. The second-order valence-electron chi connectivity index (χ2n) is 6.26. The number of carbonyl (C=O) groups excluding carboxylic acids is 1. The fraction of sp³-hybridized carbons (Fsp3) is 0.300. The predicted octanol–water partition coefficient (Wildman–Crippen LogP) is 3.89. The van der Waals surface area contributed by atoms with Crippen molar-refractivity contribution in [2.45, 2.75) is 19.8 Å². The largest absolute Gasteiger partial charge is 0.494 e. The van der Waals surface area contributed by atoms with Crippen LogP contribution in [0.2, 0.25) is 0 Å². The van der Waals surface area contributed by atoms with E-state index in [4.69, 9.17) is 14.2 Å². The molecule has 1 aliphatic rings. The molecular formula is C20H20N2O4S. The Kier molecular flexibility index (Phi) is 4.85. The zero-order valence-corrected chi connectivity index (χ0v) is 16.0. The quantitative estimate of drug-likeness (QED) is 0.626. The summed E-state index contributed by atoms with van der Waals surface area (Å²) in [5, 5.41) is 0. The minimum Gasteiger partial charge on any atom is -0.494 e. The number of benzene rings is 2. The number of hydrogen-bond donors (Lipinski definition) is 0. The molecule has 27 heavy (non-hydrogen) atoms. The van der Waals surface area contributed by atoms with E-state index in [1.165, 1.54) is 11.3 Å². The fourth-order valence-electron chi connectivity index (χ4n) is 2.80. The number of ether oxygens (including phenoxy) is 3. The van der Waals surface area contributed by atoms with E-state index in [0.717, 1.165) is 34.6 Å². The Balaban J connectivity index is 1.59. The van der Waals surface area contributed by atoms with E-state index in [1.54, 1.807) is 12.1 Å². The van der Waals surface area contributed by atoms with E-state index >= 15 is 0 Å². The summed E-state index contributed by atoms with van der Waals surface area (Å²) in [5.41, 5.74) is 1.49. The normalized spacial score (nSPS) is 13.3. The van der Waals surface area contributed by atoms with Crippen LogP contribution in [0.4, 0.5) is 0 Å². The van der Waals surface area contributed by atoms with E-state index in [0.29, 0.717) is 22.7 Å². The molecule has 7 heteroatoms. The van der Waals surface area contributed by atoms with Crippen molar-refractivity contribution >= 4 is 27.5 Å². The predicted molar refractivity (Wildman–Crippen MR) is 104 cm³/mol. The van der Waals surface area contributed by atoms with E-state index in [9.17, 15) is 4.79 Å². The third-order valence-electron chi connectivity index (χ3n) is 4.37. The van der Waals surface area contributed by atoms with Crippen LogP contribution in [-0.2, 0) is 7.05 Å². The van der Waals surface area contributed by atoms with Crippen molar-refractivity contribution in [3.8, 4) is 17.2 Å². The molecule has 0 radical (unpaired) electrons. The highest BCUT2D eigenvalue weighted by Gasteiger charge is 2.17. The van der Waals surface area contributed by atoms with Gasteiger partial charge in [0.25, 0.3) is 5.91 Å². The number of unbranched alkanes of at least 4 members (excludes halogenated alkanes) is 1. The SMILES string of the molecule is CCCCOc1ccc(C(=O)N=c2sc3cc4c(cc3n2C)OCO4)cc1. The zero-order valence-electron chi connectivity index (χ0n) is 15.2. The average molecular weight is 384 g/mol. The summed E-state index contributed by atoms with van der Waals surface area (Å²) in [6, 6.07) is 11.0. The molecule has 1 aliphatic heterocycles. The lowest BCUT2D eigenvalue weighted by atomic mass is 10.2. The lowest BCUT2D eigenvalue weighted by Gasteiger charge is -2.05. The summed E-state index contributed by atoms with van der Waals surface area (Å²) < 4.78 is 19.4. The molecule has 2 heterocycles. The molecule has 0 unspecified atom stereocenters. The number of hydrogen-bond acceptors (Lipinski definition) is 5. The van der Waals surface area contributed by atoms with Gasteiger partial charge in [-0.05, 0) is 30.7 Å². The highest BCUT2D eigenvalue weighted by atomic mass is 32.1.